The molecule has 15 heavy (non-hydrogen) atoms. The van der Waals surface area contributed by atoms with Crippen LogP contribution in [-0.2, 0) is 5.54 Å². The van der Waals surface area contributed by atoms with Gasteiger partial charge in [0.25, 0.3) is 5.92 Å². The van der Waals surface area contributed by atoms with Gasteiger partial charge in [0.2, 0.25) is 0 Å². The molecule has 1 aliphatic rings. The molecule has 1 unspecified atom stereocenters. The van der Waals surface area contributed by atoms with Gasteiger partial charge in [-0.3, -0.25) is 0 Å². The Morgan fingerprint density at radius 2 is 2.00 bits per heavy atom. The molecule has 1 aromatic rings. The summed E-state index contributed by atoms with van der Waals surface area (Å²) in [7, 11) is 1.27. The van der Waals surface area contributed by atoms with Gasteiger partial charge in [0.05, 0.1) is 7.11 Å². The van der Waals surface area contributed by atoms with Crippen molar-refractivity contribution in [3.05, 3.63) is 29.6 Å². The average Bonchev–Trinajstić information content (AvgIpc) is 2.68. The van der Waals surface area contributed by atoms with E-state index in [9.17, 15) is 13.2 Å². The van der Waals surface area contributed by atoms with Crippen LogP contribution in [-0.4, -0.2) is 13.0 Å². The molecule has 1 aliphatic carbocycles. The van der Waals surface area contributed by atoms with Gasteiger partial charge in [-0.15, -0.1) is 0 Å². The lowest BCUT2D eigenvalue weighted by atomic mass is 10.1. The second-order valence-corrected chi connectivity index (χ2v) is 3.70. The van der Waals surface area contributed by atoms with E-state index in [-0.39, 0.29) is 11.3 Å². The van der Waals surface area contributed by atoms with Crippen LogP contribution in [0.25, 0.3) is 0 Å². The predicted molar refractivity (Wildman–Crippen MR) is 48.4 cm³/mol. The number of rotatable bonds is 2. The van der Waals surface area contributed by atoms with E-state index in [0.29, 0.717) is 0 Å². The van der Waals surface area contributed by atoms with Crippen molar-refractivity contribution in [3.8, 4) is 5.75 Å². The monoisotopic (exact) mass is 217 g/mol. The van der Waals surface area contributed by atoms with Gasteiger partial charge in [-0.1, -0.05) is 6.07 Å². The Morgan fingerprint density at radius 1 is 1.40 bits per heavy atom. The van der Waals surface area contributed by atoms with Gasteiger partial charge in [-0.05, 0) is 17.7 Å². The zero-order chi connectivity index (χ0) is 11.3. The third-order valence-electron chi connectivity index (χ3n) is 2.69. The topological polar surface area (TPSA) is 35.2 Å². The number of methoxy groups -OCH3 is 1. The Bertz CT molecular complexity index is 408. The van der Waals surface area contributed by atoms with Crippen LogP contribution in [0.2, 0.25) is 0 Å². The highest BCUT2D eigenvalue weighted by atomic mass is 19.3. The molecule has 5 heteroatoms. The van der Waals surface area contributed by atoms with Crippen LogP contribution in [0, 0.1) is 5.82 Å². The maximum atomic E-state index is 13.0. The first-order chi connectivity index (χ1) is 6.90. The van der Waals surface area contributed by atoms with E-state index in [1.165, 1.54) is 19.2 Å². The molecule has 2 nitrogen and oxygen atoms in total. The van der Waals surface area contributed by atoms with Gasteiger partial charge >= 0.3 is 0 Å². The third-order valence-corrected chi connectivity index (χ3v) is 2.69. The molecule has 0 spiro atoms. The van der Waals surface area contributed by atoms with Crippen LogP contribution in [0.1, 0.15) is 12.0 Å². The first kappa shape index (κ1) is 10.3. The molecule has 2 N–H and O–H groups in total. The summed E-state index contributed by atoms with van der Waals surface area (Å²) in [4.78, 5) is 0. The van der Waals surface area contributed by atoms with Crippen LogP contribution < -0.4 is 10.5 Å². The SMILES string of the molecule is COc1cc(C2(N)CC2(F)F)ccc1F. The van der Waals surface area contributed by atoms with Crippen molar-refractivity contribution in [2.24, 2.45) is 5.73 Å². The summed E-state index contributed by atoms with van der Waals surface area (Å²) in [5.41, 5.74) is 4.03. The molecule has 1 fully saturated rings. The van der Waals surface area contributed by atoms with Gasteiger partial charge in [0.15, 0.2) is 11.6 Å². The molecule has 0 radical (unpaired) electrons. The lowest BCUT2D eigenvalue weighted by molar-refractivity contribution is 0.0890. The normalized spacial score (nSPS) is 27.5. The summed E-state index contributed by atoms with van der Waals surface area (Å²) >= 11 is 0. The first-order valence-electron chi connectivity index (χ1n) is 4.41. The Hall–Kier alpha value is -1.23. The van der Waals surface area contributed by atoms with Gasteiger partial charge < -0.3 is 10.5 Å². The van der Waals surface area contributed by atoms with Gasteiger partial charge in [0.1, 0.15) is 5.54 Å². The minimum Gasteiger partial charge on any atom is -0.494 e. The van der Waals surface area contributed by atoms with Crippen molar-refractivity contribution < 1.29 is 17.9 Å². The van der Waals surface area contributed by atoms with Crippen molar-refractivity contribution in [1.82, 2.24) is 0 Å². The molecule has 2 rings (SSSR count). The van der Waals surface area contributed by atoms with Crippen LogP contribution >= 0.6 is 0 Å². The highest BCUT2D eigenvalue weighted by Gasteiger charge is 2.70. The zero-order valence-electron chi connectivity index (χ0n) is 8.06. The molecule has 1 saturated carbocycles. The molecule has 82 valence electrons. The minimum atomic E-state index is -2.91. The molecule has 0 bridgehead atoms. The number of benzene rings is 1. The molecule has 0 aliphatic heterocycles. The highest BCUT2D eigenvalue weighted by Crippen LogP contribution is 2.57. The largest absolute Gasteiger partial charge is 0.494 e. The quantitative estimate of drug-likeness (QED) is 0.822. The minimum absolute atomic E-state index is 0.0694. The molecular weight excluding hydrogens is 207 g/mol. The van der Waals surface area contributed by atoms with Crippen LogP contribution in [0.3, 0.4) is 0 Å². The van der Waals surface area contributed by atoms with E-state index in [4.69, 9.17) is 10.5 Å². The van der Waals surface area contributed by atoms with Crippen LogP contribution in [0.5, 0.6) is 5.75 Å². The second-order valence-electron chi connectivity index (χ2n) is 3.70. The fourth-order valence-electron chi connectivity index (χ4n) is 1.56. The van der Waals surface area contributed by atoms with E-state index in [1.807, 2.05) is 0 Å². The predicted octanol–water partition coefficient (Wildman–Crippen LogP) is 2.03. The van der Waals surface area contributed by atoms with Crippen molar-refractivity contribution >= 4 is 0 Å². The average molecular weight is 217 g/mol. The molecule has 0 saturated heterocycles. The van der Waals surface area contributed by atoms with Gasteiger partial charge in [-0.25, -0.2) is 13.2 Å². The summed E-state index contributed by atoms with van der Waals surface area (Å²) in [6, 6.07) is 3.56. The number of hydrogen-bond donors (Lipinski definition) is 1. The summed E-state index contributed by atoms with van der Waals surface area (Å²) in [5, 5.41) is 0. The molecule has 1 atom stereocenters. The van der Waals surface area contributed by atoms with E-state index < -0.39 is 23.7 Å². The maximum Gasteiger partial charge on any atom is 0.272 e. The number of alkyl halides is 2. The Morgan fingerprint density at radius 3 is 2.47 bits per heavy atom. The number of hydrogen-bond acceptors (Lipinski definition) is 2. The number of ether oxygens (including phenoxy) is 1. The Balaban J connectivity index is 2.40. The second kappa shape index (κ2) is 2.88. The summed E-state index contributed by atoms with van der Waals surface area (Å²) in [5.74, 6) is -3.57. The van der Waals surface area contributed by atoms with E-state index in [0.717, 1.165) is 6.07 Å². The van der Waals surface area contributed by atoms with Gasteiger partial charge in [-0.2, -0.15) is 0 Å². The summed E-state index contributed by atoms with van der Waals surface area (Å²) < 4.78 is 43.6. The van der Waals surface area contributed by atoms with Gasteiger partial charge in [0, 0.05) is 6.42 Å². The molecular formula is C10H10F3NO. The first-order valence-corrected chi connectivity index (χ1v) is 4.41. The van der Waals surface area contributed by atoms with Crippen molar-refractivity contribution in [1.29, 1.82) is 0 Å². The standard InChI is InChI=1S/C10H10F3NO/c1-15-8-4-6(2-3-7(8)11)9(14)5-10(9,12)13/h2-4H,5,14H2,1H3. The van der Waals surface area contributed by atoms with Crippen LogP contribution in [0.15, 0.2) is 18.2 Å². The lowest BCUT2D eigenvalue weighted by Crippen LogP contribution is -2.27. The third kappa shape index (κ3) is 1.38. The van der Waals surface area contributed by atoms with Crippen molar-refractivity contribution in [2.75, 3.05) is 7.11 Å². The fraction of sp³-hybridized carbons (Fsp3) is 0.400. The Kier molecular flexibility index (Phi) is 1.98. The van der Waals surface area contributed by atoms with Crippen molar-refractivity contribution in [3.63, 3.8) is 0 Å². The zero-order valence-corrected chi connectivity index (χ0v) is 8.06. The fourth-order valence-corrected chi connectivity index (χ4v) is 1.56. The van der Waals surface area contributed by atoms with Crippen LogP contribution in [0.4, 0.5) is 13.2 Å². The highest BCUT2D eigenvalue weighted by molar-refractivity contribution is 5.41. The summed E-state index contributed by atoms with van der Waals surface area (Å²) in [6.07, 6.45) is -0.408. The molecule has 0 heterocycles. The van der Waals surface area contributed by atoms with Crippen molar-refractivity contribution in [2.45, 2.75) is 17.9 Å². The lowest BCUT2D eigenvalue weighted by Gasteiger charge is -2.12. The van der Waals surface area contributed by atoms with E-state index in [1.54, 1.807) is 0 Å². The maximum absolute atomic E-state index is 13.0. The molecule has 0 amide bonds. The molecule has 1 aromatic carbocycles. The Labute approximate surface area is 84.8 Å². The summed E-state index contributed by atoms with van der Waals surface area (Å²) in [6.45, 7) is 0. The number of nitrogens with two attached hydrogens (primary N) is 1. The molecule has 0 aromatic heterocycles. The number of halogens is 3. The smallest absolute Gasteiger partial charge is 0.272 e. The van der Waals surface area contributed by atoms with E-state index in [2.05, 4.69) is 0 Å². The van der Waals surface area contributed by atoms with E-state index >= 15 is 0 Å².